The van der Waals surface area contributed by atoms with E-state index < -0.39 is 5.97 Å². The standard InChI is InChI=1S/C5H5N3O3/c9-2-4-6-3(7-8-4)1-5(10)11/h8H,1H2,(H,6,7)(H,10,11). The molecule has 6 heteroatoms. The lowest BCUT2D eigenvalue weighted by Crippen LogP contribution is -2.21. The van der Waals surface area contributed by atoms with Crippen molar-refractivity contribution in [2.24, 2.45) is 5.10 Å². The van der Waals surface area contributed by atoms with E-state index in [0.717, 1.165) is 0 Å². The topological polar surface area (TPSA) is 90.8 Å². The molecule has 0 fully saturated rings. The Morgan fingerprint density at radius 2 is 2.45 bits per heavy atom. The maximum Gasteiger partial charge on any atom is 0.311 e. The van der Waals surface area contributed by atoms with Crippen LogP contribution < -0.4 is 10.7 Å². The number of amidine groups is 1. The van der Waals surface area contributed by atoms with E-state index in [0.29, 0.717) is 0 Å². The second-order valence-electron chi connectivity index (χ2n) is 1.84. The fraction of sp³-hybridized carbons (Fsp3) is 0.200. The van der Waals surface area contributed by atoms with Crippen LogP contribution in [0.15, 0.2) is 10.9 Å². The number of carbonyl (C=O) groups is 1. The first-order valence-electron chi connectivity index (χ1n) is 2.79. The van der Waals surface area contributed by atoms with Gasteiger partial charge in [-0.1, -0.05) is 0 Å². The summed E-state index contributed by atoms with van der Waals surface area (Å²) in [6.07, 6.45) is -0.238. The Morgan fingerprint density at radius 3 is 2.91 bits per heavy atom. The van der Waals surface area contributed by atoms with Crippen molar-refractivity contribution in [2.75, 3.05) is 0 Å². The zero-order chi connectivity index (χ0) is 8.27. The number of carbonyl (C=O) groups excluding carboxylic acids is 1. The number of rotatable bonds is 2. The van der Waals surface area contributed by atoms with E-state index >= 15 is 0 Å². The molecule has 1 aliphatic heterocycles. The van der Waals surface area contributed by atoms with E-state index in [1.54, 1.807) is 0 Å². The quantitative estimate of drug-likeness (QED) is 0.428. The van der Waals surface area contributed by atoms with Crippen molar-refractivity contribution in [1.82, 2.24) is 10.7 Å². The van der Waals surface area contributed by atoms with Crippen molar-refractivity contribution in [3.05, 3.63) is 5.82 Å². The highest BCUT2D eigenvalue weighted by molar-refractivity contribution is 5.99. The first-order chi connectivity index (χ1) is 5.22. The van der Waals surface area contributed by atoms with Crippen molar-refractivity contribution >= 4 is 17.7 Å². The molecule has 0 radical (unpaired) electrons. The monoisotopic (exact) mass is 155 g/mol. The molecule has 0 amide bonds. The first kappa shape index (κ1) is 7.30. The third kappa shape index (κ3) is 1.80. The van der Waals surface area contributed by atoms with Crippen LogP contribution in [-0.4, -0.2) is 22.9 Å². The van der Waals surface area contributed by atoms with Crippen molar-refractivity contribution in [1.29, 1.82) is 0 Å². The molecule has 0 saturated heterocycles. The molecule has 0 aromatic rings. The van der Waals surface area contributed by atoms with E-state index in [-0.39, 0.29) is 18.1 Å². The zero-order valence-electron chi connectivity index (χ0n) is 5.42. The van der Waals surface area contributed by atoms with Gasteiger partial charge in [0.2, 0.25) is 5.82 Å². The van der Waals surface area contributed by atoms with Crippen LogP contribution in [-0.2, 0) is 9.59 Å². The first-order valence-corrected chi connectivity index (χ1v) is 2.79. The summed E-state index contributed by atoms with van der Waals surface area (Å²) in [6, 6.07) is 0. The minimum Gasteiger partial charge on any atom is -0.481 e. The molecule has 0 spiro atoms. The SMILES string of the molecule is O=C=C1NN=C(CC(=O)O)N1. The molecule has 11 heavy (non-hydrogen) atoms. The minimum absolute atomic E-state index is 0.0428. The molecule has 0 aromatic heterocycles. The molecule has 1 heterocycles. The van der Waals surface area contributed by atoms with Gasteiger partial charge in [-0.2, -0.15) is 5.10 Å². The van der Waals surface area contributed by atoms with Gasteiger partial charge >= 0.3 is 5.97 Å². The Hall–Kier alpha value is -1.81. The predicted molar refractivity (Wildman–Crippen MR) is 35.2 cm³/mol. The molecule has 0 unspecified atom stereocenters. The lowest BCUT2D eigenvalue weighted by atomic mass is 10.4. The summed E-state index contributed by atoms with van der Waals surface area (Å²) < 4.78 is 0. The summed E-state index contributed by atoms with van der Waals surface area (Å²) in [7, 11) is 0. The molecular formula is C5H5N3O3. The van der Waals surface area contributed by atoms with Gasteiger partial charge in [0.1, 0.15) is 12.3 Å². The second-order valence-corrected chi connectivity index (χ2v) is 1.84. The summed E-state index contributed by atoms with van der Waals surface area (Å²) in [5.74, 6) is 0.742. The van der Waals surface area contributed by atoms with Gasteiger partial charge in [0.05, 0.1) is 0 Å². The highest BCUT2D eigenvalue weighted by atomic mass is 16.4. The molecule has 1 rings (SSSR count). The maximum absolute atomic E-state index is 10.1. The zero-order valence-corrected chi connectivity index (χ0v) is 5.42. The van der Waals surface area contributed by atoms with Crippen molar-refractivity contribution in [2.45, 2.75) is 6.42 Å². The second kappa shape index (κ2) is 2.85. The fourth-order valence-corrected chi connectivity index (χ4v) is 0.599. The van der Waals surface area contributed by atoms with Crippen LogP contribution in [0.1, 0.15) is 6.42 Å². The fourth-order valence-electron chi connectivity index (χ4n) is 0.599. The van der Waals surface area contributed by atoms with E-state index in [1.807, 2.05) is 0 Å². The van der Waals surface area contributed by atoms with E-state index in [4.69, 9.17) is 5.11 Å². The lowest BCUT2D eigenvalue weighted by molar-refractivity contribution is -0.135. The molecule has 1 aliphatic rings. The van der Waals surface area contributed by atoms with Gasteiger partial charge in [-0.25, -0.2) is 4.79 Å². The highest BCUT2D eigenvalue weighted by Gasteiger charge is 2.13. The van der Waals surface area contributed by atoms with Crippen LogP contribution in [0.2, 0.25) is 0 Å². The number of nitrogens with one attached hydrogen (secondary N) is 2. The van der Waals surface area contributed by atoms with Crippen LogP contribution in [0.5, 0.6) is 0 Å². The summed E-state index contributed by atoms with van der Waals surface area (Å²) in [5, 5.41) is 14.2. The Kier molecular flexibility index (Phi) is 1.89. The number of aliphatic carboxylic acids is 1. The Morgan fingerprint density at radius 1 is 1.73 bits per heavy atom. The molecule has 0 atom stereocenters. The molecule has 0 aromatic carbocycles. The summed E-state index contributed by atoms with van der Waals surface area (Å²) in [5.41, 5.74) is 2.27. The molecule has 6 nitrogen and oxygen atoms in total. The molecule has 0 saturated carbocycles. The Balaban J connectivity index is 2.53. The third-order valence-electron chi connectivity index (χ3n) is 0.993. The molecule has 0 bridgehead atoms. The predicted octanol–water partition coefficient (Wildman–Crippen LogP) is -1.36. The van der Waals surface area contributed by atoms with E-state index in [1.165, 1.54) is 5.94 Å². The number of carboxylic acid groups (broad SMARTS) is 1. The largest absolute Gasteiger partial charge is 0.481 e. The average Bonchev–Trinajstić information content (AvgIpc) is 2.34. The van der Waals surface area contributed by atoms with Gasteiger partial charge in [0.25, 0.3) is 0 Å². The highest BCUT2D eigenvalue weighted by Crippen LogP contribution is 1.92. The lowest BCUT2D eigenvalue weighted by Gasteiger charge is -1.92. The smallest absolute Gasteiger partial charge is 0.311 e. The molecular weight excluding hydrogens is 150 g/mol. The van der Waals surface area contributed by atoms with Gasteiger partial charge in [0.15, 0.2) is 5.94 Å². The average molecular weight is 155 g/mol. The van der Waals surface area contributed by atoms with Gasteiger partial charge in [0, 0.05) is 0 Å². The van der Waals surface area contributed by atoms with Crippen LogP contribution >= 0.6 is 0 Å². The number of hydrazone groups is 1. The van der Waals surface area contributed by atoms with Crippen LogP contribution in [0.3, 0.4) is 0 Å². The number of hydrogen-bond donors (Lipinski definition) is 3. The van der Waals surface area contributed by atoms with Gasteiger partial charge in [-0.05, 0) is 0 Å². The van der Waals surface area contributed by atoms with E-state index in [2.05, 4.69) is 15.8 Å². The van der Waals surface area contributed by atoms with Crippen molar-refractivity contribution in [3.8, 4) is 0 Å². The maximum atomic E-state index is 10.1. The van der Waals surface area contributed by atoms with Gasteiger partial charge in [-0.15, -0.1) is 0 Å². The molecule has 58 valence electrons. The van der Waals surface area contributed by atoms with Crippen LogP contribution in [0.4, 0.5) is 0 Å². The summed E-state index contributed by atoms with van der Waals surface area (Å²) >= 11 is 0. The molecule has 3 N–H and O–H groups in total. The van der Waals surface area contributed by atoms with Crippen molar-refractivity contribution in [3.63, 3.8) is 0 Å². The number of hydrogen-bond acceptors (Lipinski definition) is 5. The number of carboxylic acids is 1. The molecule has 0 aliphatic carbocycles. The summed E-state index contributed by atoms with van der Waals surface area (Å²) in [4.78, 5) is 20.0. The number of nitrogens with zero attached hydrogens (tertiary/aromatic N) is 1. The Labute approximate surface area is 61.6 Å². The van der Waals surface area contributed by atoms with Crippen LogP contribution in [0.25, 0.3) is 0 Å². The summed E-state index contributed by atoms with van der Waals surface area (Å²) in [6.45, 7) is 0. The van der Waals surface area contributed by atoms with Crippen molar-refractivity contribution < 1.29 is 14.7 Å². The minimum atomic E-state index is -1.01. The van der Waals surface area contributed by atoms with Crippen LogP contribution in [0, 0.1) is 0 Å². The normalized spacial score (nSPS) is 14.5. The third-order valence-corrected chi connectivity index (χ3v) is 0.993. The van der Waals surface area contributed by atoms with Gasteiger partial charge < -0.3 is 10.4 Å². The van der Waals surface area contributed by atoms with E-state index in [9.17, 15) is 9.59 Å². The Bertz CT molecular complexity index is 264. The van der Waals surface area contributed by atoms with Gasteiger partial charge in [-0.3, -0.25) is 10.2 Å².